The zero-order chi connectivity index (χ0) is 11.1. The first kappa shape index (κ1) is 12.0. The van der Waals surface area contributed by atoms with Crippen molar-refractivity contribution < 1.29 is 4.74 Å². The number of halogens is 1. The van der Waals surface area contributed by atoms with E-state index < -0.39 is 0 Å². The van der Waals surface area contributed by atoms with Gasteiger partial charge in [0.25, 0.3) is 0 Å². The number of rotatable bonds is 5. The third kappa shape index (κ3) is 3.54. The van der Waals surface area contributed by atoms with Gasteiger partial charge in [0, 0.05) is 24.7 Å². The molecule has 0 heterocycles. The highest BCUT2D eigenvalue weighted by atomic mass is 79.9. The molecule has 0 spiro atoms. The standard InChI is InChI=1S/C11H13BrN2O/c1-15-7-3-6-14-11-5-2-4-10(12)9(11)8-13/h2,4-5,14H,3,6-7H2,1H3. The van der Waals surface area contributed by atoms with Crippen molar-refractivity contribution in [3.05, 3.63) is 28.2 Å². The molecule has 4 heteroatoms. The Morgan fingerprint density at radius 1 is 1.53 bits per heavy atom. The SMILES string of the molecule is COCCCNc1cccc(Br)c1C#N. The van der Waals surface area contributed by atoms with Crippen molar-refractivity contribution in [3.8, 4) is 6.07 Å². The highest BCUT2D eigenvalue weighted by Crippen LogP contribution is 2.23. The molecule has 0 bridgehead atoms. The quantitative estimate of drug-likeness (QED) is 0.836. The molecule has 0 amide bonds. The molecule has 1 N–H and O–H groups in total. The Hall–Kier alpha value is -1.05. The van der Waals surface area contributed by atoms with Crippen molar-refractivity contribution in [1.82, 2.24) is 0 Å². The minimum absolute atomic E-state index is 0.648. The second-order valence-electron chi connectivity index (χ2n) is 3.05. The number of ether oxygens (including phenoxy) is 1. The lowest BCUT2D eigenvalue weighted by Gasteiger charge is -2.08. The Labute approximate surface area is 98.2 Å². The molecule has 0 unspecified atom stereocenters. The van der Waals surface area contributed by atoms with Crippen LogP contribution in [0.25, 0.3) is 0 Å². The highest BCUT2D eigenvalue weighted by Gasteiger charge is 2.04. The lowest BCUT2D eigenvalue weighted by atomic mass is 10.2. The molecule has 1 rings (SSSR count). The maximum absolute atomic E-state index is 8.96. The lowest BCUT2D eigenvalue weighted by Crippen LogP contribution is -2.06. The first-order valence-electron chi connectivity index (χ1n) is 4.71. The minimum atomic E-state index is 0.648. The number of nitrogens with zero attached hydrogens (tertiary/aromatic N) is 1. The molecule has 1 aromatic carbocycles. The lowest BCUT2D eigenvalue weighted by molar-refractivity contribution is 0.198. The fraction of sp³-hybridized carbons (Fsp3) is 0.364. The Kier molecular flexibility index (Phi) is 5.16. The monoisotopic (exact) mass is 268 g/mol. The van der Waals surface area contributed by atoms with E-state index in [1.807, 2.05) is 18.2 Å². The fourth-order valence-corrected chi connectivity index (χ4v) is 1.68. The van der Waals surface area contributed by atoms with E-state index in [0.29, 0.717) is 5.56 Å². The minimum Gasteiger partial charge on any atom is -0.385 e. The van der Waals surface area contributed by atoms with Crippen LogP contribution >= 0.6 is 15.9 Å². The van der Waals surface area contributed by atoms with E-state index in [-0.39, 0.29) is 0 Å². The van der Waals surface area contributed by atoms with Gasteiger partial charge in [-0.1, -0.05) is 6.07 Å². The molecular weight excluding hydrogens is 256 g/mol. The van der Waals surface area contributed by atoms with Gasteiger partial charge in [0.2, 0.25) is 0 Å². The van der Waals surface area contributed by atoms with Crippen LogP contribution in [0.1, 0.15) is 12.0 Å². The number of anilines is 1. The molecular formula is C11H13BrN2O. The summed E-state index contributed by atoms with van der Waals surface area (Å²) >= 11 is 3.34. The smallest absolute Gasteiger partial charge is 0.103 e. The maximum Gasteiger partial charge on any atom is 0.103 e. The maximum atomic E-state index is 8.96. The first-order valence-corrected chi connectivity index (χ1v) is 5.50. The van der Waals surface area contributed by atoms with Gasteiger partial charge in [-0.05, 0) is 34.5 Å². The summed E-state index contributed by atoms with van der Waals surface area (Å²) in [4.78, 5) is 0. The molecule has 3 nitrogen and oxygen atoms in total. The van der Waals surface area contributed by atoms with Gasteiger partial charge in [-0.2, -0.15) is 5.26 Å². The van der Waals surface area contributed by atoms with Crippen LogP contribution in [0.5, 0.6) is 0 Å². The summed E-state index contributed by atoms with van der Waals surface area (Å²) < 4.78 is 5.77. The van der Waals surface area contributed by atoms with E-state index in [1.165, 1.54) is 0 Å². The van der Waals surface area contributed by atoms with Crippen molar-refractivity contribution in [2.24, 2.45) is 0 Å². The van der Waals surface area contributed by atoms with E-state index in [9.17, 15) is 0 Å². The fourth-order valence-electron chi connectivity index (χ4n) is 1.22. The van der Waals surface area contributed by atoms with E-state index in [4.69, 9.17) is 10.00 Å². The van der Waals surface area contributed by atoms with Crippen molar-refractivity contribution >= 4 is 21.6 Å². The average molecular weight is 269 g/mol. The predicted molar refractivity (Wildman–Crippen MR) is 63.8 cm³/mol. The van der Waals surface area contributed by atoms with Gasteiger partial charge >= 0.3 is 0 Å². The van der Waals surface area contributed by atoms with Gasteiger partial charge in [0.05, 0.1) is 11.3 Å². The number of methoxy groups -OCH3 is 1. The molecule has 0 radical (unpaired) electrons. The number of nitrogens with one attached hydrogen (secondary N) is 1. The Morgan fingerprint density at radius 2 is 2.33 bits per heavy atom. The molecule has 15 heavy (non-hydrogen) atoms. The van der Waals surface area contributed by atoms with Gasteiger partial charge in [0.1, 0.15) is 6.07 Å². The third-order valence-corrected chi connectivity index (χ3v) is 2.63. The Bertz CT molecular complexity index is 360. The van der Waals surface area contributed by atoms with Crippen LogP contribution in [0.4, 0.5) is 5.69 Å². The van der Waals surface area contributed by atoms with E-state index in [0.717, 1.165) is 29.7 Å². The normalized spacial score (nSPS) is 9.67. The van der Waals surface area contributed by atoms with Crippen LogP contribution in [0.2, 0.25) is 0 Å². The first-order chi connectivity index (χ1) is 7.29. The van der Waals surface area contributed by atoms with Crippen molar-refractivity contribution in [2.45, 2.75) is 6.42 Å². The van der Waals surface area contributed by atoms with E-state index in [2.05, 4.69) is 27.3 Å². The van der Waals surface area contributed by atoms with Crippen LogP contribution in [-0.2, 0) is 4.74 Å². The highest BCUT2D eigenvalue weighted by molar-refractivity contribution is 9.10. The van der Waals surface area contributed by atoms with Crippen molar-refractivity contribution in [3.63, 3.8) is 0 Å². The summed E-state index contributed by atoms with van der Waals surface area (Å²) in [6.07, 6.45) is 0.924. The second kappa shape index (κ2) is 6.44. The zero-order valence-electron chi connectivity index (χ0n) is 8.59. The van der Waals surface area contributed by atoms with Crippen LogP contribution < -0.4 is 5.32 Å². The van der Waals surface area contributed by atoms with Crippen molar-refractivity contribution in [2.75, 3.05) is 25.6 Å². The second-order valence-corrected chi connectivity index (χ2v) is 3.90. The molecule has 1 aromatic rings. The van der Waals surface area contributed by atoms with Crippen LogP contribution in [0.15, 0.2) is 22.7 Å². The number of hydrogen-bond donors (Lipinski definition) is 1. The van der Waals surface area contributed by atoms with E-state index >= 15 is 0 Å². The predicted octanol–water partition coefficient (Wildman–Crippen LogP) is 2.77. The number of nitriles is 1. The van der Waals surface area contributed by atoms with Gasteiger partial charge in [-0.15, -0.1) is 0 Å². The van der Waals surface area contributed by atoms with Gasteiger partial charge < -0.3 is 10.1 Å². The van der Waals surface area contributed by atoms with Gasteiger partial charge in [0.15, 0.2) is 0 Å². The number of hydrogen-bond acceptors (Lipinski definition) is 3. The molecule has 0 saturated carbocycles. The number of benzene rings is 1. The summed E-state index contributed by atoms with van der Waals surface area (Å²) in [6, 6.07) is 7.83. The zero-order valence-corrected chi connectivity index (χ0v) is 10.2. The molecule has 0 aliphatic carbocycles. The topological polar surface area (TPSA) is 45.0 Å². The summed E-state index contributed by atoms with van der Waals surface area (Å²) in [5, 5.41) is 12.2. The summed E-state index contributed by atoms with van der Waals surface area (Å²) in [6.45, 7) is 1.53. The van der Waals surface area contributed by atoms with Gasteiger partial charge in [-0.25, -0.2) is 0 Å². The molecule has 0 aliphatic rings. The molecule has 80 valence electrons. The summed E-state index contributed by atoms with van der Waals surface area (Å²) in [7, 11) is 1.68. The molecule has 0 aliphatic heterocycles. The molecule has 0 fully saturated rings. The van der Waals surface area contributed by atoms with Crippen LogP contribution in [-0.4, -0.2) is 20.3 Å². The molecule has 0 aromatic heterocycles. The molecule has 0 saturated heterocycles. The third-order valence-electron chi connectivity index (χ3n) is 1.97. The van der Waals surface area contributed by atoms with Gasteiger partial charge in [-0.3, -0.25) is 0 Å². The van der Waals surface area contributed by atoms with Crippen molar-refractivity contribution in [1.29, 1.82) is 5.26 Å². The van der Waals surface area contributed by atoms with Crippen LogP contribution in [0, 0.1) is 11.3 Å². The summed E-state index contributed by atoms with van der Waals surface area (Å²) in [5.74, 6) is 0. The van der Waals surface area contributed by atoms with Crippen LogP contribution in [0.3, 0.4) is 0 Å². The Balaban J connectivity index is 2.61. The Morgan fingerprint density at radius 3 is 3.00 bits per heavy atom. The molecule has 0 atom stereocenters. The average Bonchev–Trinajstić information content (AvgIpc) is 2.24. The summed E-state index contributed by atoms with van der Waals surface area (Å²) in [5.41, 5.74) is 1.51. The largest absolute Gasteiger partial charge is 0.385 e. The van der Waals surface area contributed by atoms with E-state index in [1.54, 1.807) is 7.11 Å².